The smallest absolute Gasteiger partial charge is 0.224 e. The number of rotatable bonds is 3. The SMILES string of the molecule is CC(=O)SC1CC(=O)N(Cc2cnc3[nH]ccc3c2)C1. The Kier molecular flexibility index (Phi) is 3.48. The fourth-order valence-electron chi connectivity index (χ4n) is 2.49. The van der Waals surface area contributed by atoms with Gasteiger partial charge in [-0.3, -0.25) is 9.59 Å². The van der Waals surface area contributed by atoms with E-state index >= 15 is 0 Å². The Labute approximate surface area is 120 Å². The van der Waals surface area contributed by atoms with E-state index in [1.165, 1.54) is 11.8 Å². The lowest BCUT2D eigenvalue weighted by Gasteiger charge is -2.16. The van der Waals surface area contributed by atoms with Gasteiger partial charge in [-0.1, -0.05) is 11.8 Å². The Morgan fingerprint density at radius 2 is 2.45 bits per heavy atom. The van der Waals surface area contributed by atoms with Crippen LogP contribution in [0.25, 0.3) is 11.0 Å². The van der Waals surface area contributed by atoms with Crippen molar-refractivity contribution in [2.24, 2.45) is 0 Å². The van der Waals surface area contributed by atoms with Crippen LogP contribution in [0.5, 0.6) is 0 Å². The summed E-state index contributed by atoms with van der Waals surface area (Å²) in [4.78, 5) is 32.2. The van der Waals surface area contributed by atoms with Crippen LogP contribution in [0.4, 0.5) is 0 Å². The fraction of sp³-hybridized carbons (Fsp3) is 0.357. The van der Waals surface area contributed by atoms with Crippen molar-refractivity contribution in [3.8, 4) is 0 Å². The van der Waals surface area contributed by atoms with Crippen molar-refractivity contribution >= 4 is 33.8 Å². The summed E-state index contributed by atoms with van der Waals surface area (Å²) >= 11 is 1.26. The first-order valence-electron chi connectivity index (χ1n) is 6.49. The summed E-state index contributed by atoms with van der Waals surface area (Å²) in [6, 6.07) is 4.00. The van der Waals surface area contributed by atoms with E-state index in [9.17, 15) is 9.59 Å². The maximum absolute atomic E-state index is 12.0. The third-order valence-electron chi connectivity index (χ3n) is 3.34. The molecule has 6 heteroatoms. The highest BCUT2D eigenvalue weighted by Crippen LogP contribution is 2.25. The molecule has 2 aromatic heterocycles. The van der Waals surface area contributed by atoms with Crippen LogP contribution in [0.1, 0.15) is 18.9 Å². The Hall–Kier alpha value is -1.82. The van der Waals surface area contributed by atoms with Crippen LogP contribution in [0.2, 0.25) is 0 Å². The molecular formula is C14H15N3O2S. The average molecular weight is 289 g/mol. The minimum absolute atomic E-state index is 0.0695. The van der Waals surface area contributed by atoms with Crippen LogP contribution in [-0.4, -0.2) is 37.7 Å². The summed E-state index contributed by atoms with van der Waals surface area (Å²) in [7, 11) is 0. The fourth-order valence-corrected chi connectivity index (χ4v) is 3.44. The number of aromatic nitrogens is 2. The van der Waals surface area contributed by atoms with E-state index in [2.05, 4.69) is 9.97 Å². The zero-order chi connectivity index (χ0) is 14.1. The molecule has 1 aliphatic rings. The summed E-state index contributed by atoms with van der Waals surface area (Å²) in [6.07, 6.45) is 4.09. The highest BCUT2D eigenvalue weighted by Gasteiger charge is 2.30. The third kappa shape index (κ3) is 2.70. The molecule has 0 radical (unpaired) electrons. The second-order valence-electron chi connectivity index (χ2n) is 4.97. The van der Waals surface area contributed by atoms with Gasteiger partial charge in [0, 0.05) is 49.5 Å². The number of carbonyl (C=O) groups is 2. The molecule has 104 valence electrons. The molecule has 1 fully saturated rings. The highest BCUT2D eigenvalue weighted by molar-refractivity contribution is 8.14. The van der Waals surface area contributed by atoms with Crippen molar-refractivity contribution in [1.29, 1.82) is 0 Å². The number of fused-ring (bicyclic) bond motifs is 1. The summed E-state index contributed by atoms with van der Waals surface area (Å²) in [6.45, 7) is 2.73. The molecule has 0 aromatic carbocycles. The third-order valence-corrected chi connectivity index (χ3v) is 4.32. The monoisotopic (exact) mass is 289 g/mol. The summed E-state index contributed by atoms with van der Waals surface area (Å²) in [5.41, 5.74) is 1.87. The Bertz CT molecular complexity index is 667. The first-order chi connectivity index (χ1) is 9.61. The number of nitrogens with one attached hydrogen (secondary N) is 1. The maximum Gasteiger partial charge on any atom is 0.224 e. The lowest BCUT2D eigenvalue weighted by molar-refractivity contribution is -0.128. The molecule has 1 aliphatic heterocycles. The van der Waals surface area contributed by atoms with Gasteiger partial charge in [0.2, 0.25) is 5.91 Å². The molecule has 1 unspecified atom stereocenters. The van der Waals surface area contributed by atoms with Gasteiger partial charge in [0.1, 0.15) is 5.65 Å². The van der Waals surface area contributed by atoms with Crippen molar-refractivity contribution < 1.29 is 9.59 Å². The van der Waals surface area contributed by atoms with E-state index in [0.717, 1.165) is 16.6 Å². The van der Waals surface area contributed by atoms with Crippen molar-refractivity contribution in [1.82, 2.24) is 14.9 Å². The number of carbonyl (C=O) groups excluding carboxylic acids is 2. The normalized spacial score (nSPS) is 18.9. The second kappa shape index (κ2) is 5.28. The summed E-state index contributed by atoms with van der Waals surface area (Å²) < 4.78 is 0. The number of amides is 1. The standard InChI is InChI=1S/C14H15N3O2S/c1-9(18)20-12-5-13(19)17(8-12)7-10-4-11-2-3-15-14(11)16-6-10/h2-4,6,12H,5,7-8H2,1H3,(H,15,16). The Morgan fingerprint density at radius 1 is 1.60 bits per heavy atom. The molecule has 1 N–H and O–H groups in total. The molecule has 1 atom stereocenters. The highest BCUT2D eigenvalue weighted by atomic mass is 32.2. The van der Waals surface area contributed by atoms with Crippen LogP contribution < -0.4 is 0 Å². The van der Waals surface area contributed by atoms with E-state index in [0.29, 0.717) is 19.5 Å². The Balaban J connectivity index is 1.70. The van der Waals surface area contributed by atoms with Crippen molar-refractivity contribution in [2.75, 3.05) is 6.54 Å². The molecule has 0 bridgehead atoms. The van der Waals surface area contributed by atoms with Gasteiger partial charge < -0.3 is 9.88 Å². The van der Waals surface area contributed by atoms with E-state index in [1.54, 1.807) is 18.0 Å². The van der Waals surface area contributed by atoms with E-state index in [-0.39, 0.29) is 16.3 Å². The molecule has 5 nitrogen and oxygen atoms in total. The van der Waals surface area contributed by atoms with Gasteiger partial charge in [-0.15, -0.1) is 0 Å². The number of thioether (sulfide) groups is 1. The number of likely N-dealkylation sites (tertiary alicyclic amines) is 1. The van der Waals surface area contributed by atoms with E-state index in [1.807, 2.05) is 18.3 Å². The van der Waals surface area contributed by atoms with E-state index < -0.39 is 0 Å². The number of hydrogen-bond acceptors (Lipinski definition) is 4. The van der Waals surface area contributed by atoms with Gasteiger partial charge in [0.05, 0.1) is 0 Å². The van der Waals surface area contributed by atoms with Crippen LogP contribution in [0.15, 0.2) is 24.5 Å². The lowest BCUT2D eigenvalue weighted by Crippen LogP contribution is -2.25. The molecule has 20 heavy (non-hydrogen) atoms. The molecule has 0 spiro atoms. The maximum atomic E-state index is 12.0. The van der Waals surface area contributed by atoms with E-state index in [4.69, 9.17) is 0 Å². The summed E-state index contributed by atoms with van der Waals surface area (Å²) in [5.74, 6) is 0.109. The lowest BCUT2D eigenvalue weighted by atomic mass is 10.2. The first kappa shape index (κ1) is 13.2. The van der Waals surface area contributed by atoms with Gasteiger partial charge in [-0.2, -0.15) is 0 Å². The predicted molar refractivity (Wildman–Crippen MR) is 78.2 cm³/mol. The molecule has 3 heterocycles. The van der Waals surface area contributed by atoms with Gasteiger partial charge >= 0.3 is 0 Å². The number of nitrogens with zero attached hydrogens (tertiary/aromatic N) is 2. The predicted octanol–water partition coefficient (Wildman–Crippen LogP) is 1.94. The molecule has 0 saturated carbocycles. The zero-order valence-electron chi connectivity index (χ0n) is 11.1. The van der Waals surface area contributed by atoms with Crippen molar-refractivity contribution in [2.45, 2.75) is 25.1 Å². The Morgan fingerprint density at radius 3 is 3.25 bits per heavy atom. The molecule has 3 rings (SSSR count). The number of hydrogen-bond donors (Lipinski definition) is 1. The van der Waals surface area contributed by atoms with Crippen molar-refractivity contribution in [3.63, 3.8) is 0 Å². The van der Waals surface area contributed by atoms with Crippen molar-refractivity contribution in [3.05, 3.63) is 30.1 Å². The summed E-state index contributed by atoms with van der Waals surface area (Å²) in [5, 5.41) is 1.20. The minimum Gasteiger partial charge on any atom is -0.346 e. The zero-order valence-corrected chi connectivity index (χ0v) is 11.9. The van der Waals surface area contributed by atoms with Crippen LogP contribution in [0.3, 0.4) is 0 Å². The minimum atomic E-state index is 0.0695. The topological polar surface area (TPSA) is 66.1 Å². The largest absolute Gasteiger partial charge is 0.346 e. The molecule has 2 aromatic rings. The molecule has 1 amide bonds. The molecular weight excluding hydrogens is 274 g/mol. The van der Waals surface area contributed by atoms with Gasteiger partial charge in [0.25, 0.3) is 0 Å². The number of aromatic amines is 1. The molecule has 0 aliphatic carbocycles. The quantitative estimate of drug-likeness (QED) is 0.938. The van der Waals surface area contributed by atoms with Gasteiger partial charge in [0.15, 0.2) is 5.12 Å². The average Bonchev–Trinajstić information content (AvgIpc) is 2.96. The first-order valence-corrected chi connectivity index (χ1v) is 7.37. The van der Waals surface area contributed by atoms with Gasteiger partial charge in [-0.25, -0.2) is 4.98 Å². The van der Waals surface area contributed by atoms with Crippen LogP contribution in [0, 0.1) is 0 Å². The number of pyridine rings is 1. The van der Waals surface area contributed by atoms with Crippen LogP contribution in [-0.2, 0) is 16.1 Å². The van der Waals surface area contributed by atoms with Crippen LogP contribution >= 0.6 is 11.8 Å². The second-order valence-corrected chi connectivity index (χ2v) is 6.45. The number of H-pyrrole nitrogens is 1. The molecule has 1 saturated heterocycles. The van der Waals surface area contributed by atoms with Gasteiger partial charge in [-0.05, 0) is 17.7 Å².